The third-order valence-electron chi connectivity index (χ3n) is 5.26. The van der Waals surface area contributed by atoms with E-state index in [1.165, 1.54) is 26.6 Å². The second-order valence-electron chi connectivity index (χ2n) is 7.53. The van der Waals surface area contributed by atoms with Gasteiger partial charge in [0.15, 0.2) is 0 Å². The fourth-order valence-electron chi connectivity index (χ4n) is 3.72. The van der Waals surface area contributed by atoms with Gasteiger partial charge < -0.3 is 0 Å². The zero-order chi connectivity index (χ0) is 20.6. The minimum Gasteiger partial charge on any atom is -0.246 e. The molecule has 1 aliphatic heterocycles. The van der Waals surface area contributed by atoms with E-state index in [1.807, 2.05) is 48.7 Å². The van der Waals surface area contributed by atoms with Gasteiger partial charge in [-0.25, -0.2) is 26.8 Å². The number of piperidine rings is 1. The minimum atomic E-state index is -3.28. The lowest BCUT2D eigenvalue weighted by Crippen LogP contribution is -2.39. The Morgan fingerprint density at radius 1 is 1.21 bits per heavy atom. The molecule has 0 saturated carbocycles. The van der Waals surface area contributed by atoms with Crippen LogP contribution in [0.5, 0.6) is 0 Å². The fraction of sp³-hybridized carbons (Fsp3) is 0.400. The highest BCUT2D eigenvalue weighted by atomic mass is 32.2. The Hall–Kier alpha value is -2.23. The number of nitrogens with zero attached hydrogens (tertiary/aromatic N) is 4. The summed E-state index contributed by atoms with van der Waals surface area (Å²) in [6, 6.07) is 11.8. The predicted octanol–water partition coefficient (Wildman–Crippen LogP) is 2.59. The highest BCUT2D eigenvalue weighted by Gasteiger charge is 2.31. The first-order chi connectivity index (χ1) is 13.8. The van der Waals surface area contributed by atoms with Gasteiger partial charge >= 0.3 is 5.69 Å². The van der Waals surface area contributed by atoms with Crippen molar-refractivity contribution in [3.05, 3.63) is 69.2 Å². The van der Waals surface area contributed by atoms with Crippen molar-refractivity contribution in [3.63, 3.8) is 0 Å². The first-order valence-electron chi connectivity index (χ1n) is 9.57. The molecule has 0 aliphatic carbocycles. The predicted molar refractivity (Wildman–Crippen MR) is 114 cm³/mol. The van der Waals surface area contributed by atoms with Crippen molar-refractivity contribution in [2.75, 3.05) is 19.3 Å². The molecular formula is C20H24N4O3S2. The average molecular weight is 433 g/mol. The molecule has 1 saturated heterocycles. The van der Waals surface area contributed by atoms with Crippen LogP contribution in [-0.2, 0) is 16.6 Å². The molecule has 0 N–H and O–H groups in total. The van der Waals surface area contributed by atoms with Crippen LogP contribution in [0.4, 0.5) is 0 Å². The summed E-state index contributed by atoms with van der Waals surface area (Å²) in [5, 5.41) is 7.40. The first-order valence-corrected chi connectivity index (χ1v) is 12.3. The second kappa shape index (κ2) is 7.89. The maximum atomic E-state index is 13.2. The average Bonchev–Trinajstić information content (AvgIpc) is 3.31. The van der Waals surface area contributed by atoms with Crippen LogP contribution in [0.1, 0.15) is 35.7 Å². The van der Waals surface area contributed by atoms with Gasteiger partial charge in [0.1, 0.15) is 10.8 Å². The number of sulfonamides is 1. The minimum absolute atomic E-state index is 0.118. The first kappa shape index (κ1) is 20.1. The van der Waals surface area contributed by atoms with Gasteiger partial charge in [0.05, 0.1) is 12.8 Å². The van der Waals surface area contributed by atoms with Gasteiger partial charge in [-0.3, -0.25) is 0 Å². The molecule has 4 rings (SSSR count). The lowest BCUT2D eigenvalue weighted by Gasteiger charge is -2.30. The Labute approximate surface area is 174 Å². The zero-order valence-electron chi connectivity index (χ0n) is 16.5. The van der Waals surface area contributed by atoms with E-state index in [2.05, 4.69) is 5.10 Å². The molecule has 0 amide bonds. The number of aromatic nitrogens is 3. The summed E-state index contributed by atoms with van der Waals surface area (Å²) < 4.78 is 28.7. The standard InChI is InChI=1S/C20H24N4O3S2/c1-15-7-9-16(10-8-15)13-23-20(25)24(18-6-4-12-28-18)19(21-23)17-5-3-11-22(14-17)29(2,26)27/h4,6-10,12,17H,3,5,11,13-14H2,1-2H3. The molecule has 3 aromatic rings. The van der Waals surface area contributed by atoms with E-state index in [0.29, 0.717) is 25.5 Å². The normalized spacial score (nSPS) is 18.2. The van der Waals surface area contributed by atoms with E-state index in [9.17, 15) is 13.2 Å². The van der Waals surface area contributed by atoms with E-state index in [0.717, 1.165) is 29.0 Å². The van der Waals surface area contributed by atoms with Crippen LogP contribution in [0.3, 0.4) is 0 Å². The number of aryl methyl sites for hydroxylation is 1. The lowest BCUT2D eigenvalue weighted by atomic mass is 9.99. The molecule has 0 spiro atoms. The van der Waals surface area contributed by atoms with Crippen LogP contribution in [-0.4, -0.2) is 46.4 Å². The molecule has 3 heterocycles. The van der Waals surface area contributed by atoms with Crippen molar-refractivity contribution in [2.45, 2.75) is 32.2 Å². The SMILES string of the molecule is Cc1ccc(Cn2nc(C3CCCN(S(C)(=O)=O)C3)n(-c3cccs3)c2=O)cc1. The largest absolute Gasteiger partial charge is 0.351 e. The maximum absolute atomic E-state index is 13.2. The molecule has 9 heteroatoms. The lowest BCUT2D eigenvalue weighted by molar-refractivity contribution is 0.308. The zero-order valence-corrected chi connectivity index (χ0v) is 18.1. The molecule has 154 valence electrons. The Morgan fingerprint density at radius 3 is 2.62 bits per heavy atom. The van der Waals surface area contributed by atoms with Gasteiger partial charge in [-0.15, -0.1) is 11.3 Å². The molecule has 0 radical (unpaired) electrons. The molecule has 1 aliphatic rings. The van der Waals surface area contributed by atoms with Gasteiger partial charge in [0, 0.05) is 19.0 Å². The molecule has 2 aromatic heterocycles. The van der Waals surface area contributed by atoms with Crippen LogP contribution in [0.15, 0.2) is 46.6 Å². The van der Waals surface area contributed by atoms with Crippen molar-refractivity contribution in [2.24, 2.45) is 0 Å². The molecule has 29 heavy (non-hydrogen) atoms. The molecule has 1 unspecified atom stereocenters. The molecule has 0 bridgehead atoms. The van der Waals surface area contributed by atoms with Crippen LogP contribution >= 0.6 is 11.3 Å². The Kier molecular flexibility index (Phi) is 5.46. The van der Waals surface area contributed by atoms with Crippen molar-refractivity contribution in [1.29, 1.82) is 0 Å². The smallest absolute Gasteiger partial charge is 0.246 e. The molecular weight excluding hydrogens is 408 g/mol. The molecule has 7 nitrogen and oxygen atoms in total. The summed E-state index contributed by atoms with van der Waals surface area (Å²) in [6.45, 7) is 3.27. The number of benzene rings is 1. The van der Waals surface area contributed by atoms with Gasteiger partial charge in [0.2, 0.25) is 10.0 Å². The van der Waals surface area contributed by atoms with E-state index < -0.39 is 10.0 Å². The molecule has 1 fully saturated rings. The topological polar surface area (TPSA) is 77.2 Å². The van der Waals surface area contributed by atoms with Gasteiger partial charge in [0.25, 0.3) is 0 Å². The summed E-state index contributed by atoms with van der Waals surface area (Å²) in [7, 11) is -3.28. The third-order valence-corrected chi connectivity index (χ3v) is 7.39. The third kappa shape index (κ3) is 4.22. The Balaban J connectivity index is 1.74. The fourth-order valence-corrected chi connectivity index (χ4v) is 5.36. The van der Waals surface area contributed by atoms with Crippen LogP contribution in [0.2, 0.25) is 0 Å². The van der Waals surface area contributed by atoms with Crippen LogP contribution < -0.4 is 5.69 Å². The summed E-state index contributed by atoms with van der Waals surface area (Å²) >= 11 is 1.47. The highest BCUT2D eigenvalue weighted by molar-refractivity contribution is 7.88. The second-order valence-corrected chi connectivity index (χ2v) is 10.4. The quantitative estimate of drug-likeness (QED) is 0.621. The van der Waals surface area contributed by atoms with Crippen LogP contribution in [0, 0.1) is 6.92 Å². The van der Waals surface area contributed by atoms with Crippen molar-refractivity contribution < 1.29 is 8.42 Å². The maximum Gasteiger partial charge on any atom is 0.351 e. The molecule has 1 aromatic carbocycles. The van der Waals surface area contributed by atoms with E-state index in [1.54, 1.807) is 4.57 Å². The summed E-state index contributed by atoms with van der Waals surface area (Å²) in [6.07, 6.45) is 2.79. The van der Waals surface area contributed by atoms with Crippen LogP contribution in [0.25, 0.3) is 5.00 Å². The number of hydrogen-bond donors (Lipinski definition) is 0. The summed E-state index contributed by atoms with van der Waals surface area (Å²) in [5.41, 5.74) is 1.97. The highest BCUT2D eigenvalue weighted by Crippen LogP contribution is 2.28. The van der Waals surface area contributed by atoms with Gasteiger partial charge in [-0.2, -0.15) is 5.10 Å². The number of thiophene rings is 1. The Bertz CT molecular complexity index is 1150. The monoisotopic (exact) mass is 432 g/mol. The van der Waals surface area contributed by atoms with E-state index in [4.69, 9.17) is 0 Å². The van der Waals surface area contributed by atoms with Crippen molar-refractivity contribution in [1.82, 2.24) is 18.7 Å². The van der Waals surface area contributed by atoms with Crippen molar-refractivity contribution >= 4 is 21.4 Å². The summed E-state index contributed by atoms with van der Waals surface area (Å²) in [5.74, 6) is 0.519. The Morgan fingerprint density at radius 2 is 1.97 bits per heavy atom. The number of rotatable bonds is 5. The molecule has 1 atom stereocenters. The van der Waals surface area contributed by atoms with Gasteiger partial charge in [-0.05, 0) is 42.8 Å². The van der Waals surface area contributed by atoms with Gasteiger partial charge in [-0.1, -0.05) is 29.8 Å². The van der Waals surface area contributed by atoms with E-state index in [-0.39, 0.29) is 11.6 Å². The number of hydrogen-bond acceptors (Lipinski definition) is 5. The van der Waals surface area contributed by atoms with E-state index >= 15 is 0 Å². The summed E-state index contributed by atoms with van der Waals surface area (Å²) in [4.78, 5) is 13.2. The van der Waals surface area contributed by atoms with Crippen molar-refractivity contribution in [3.8, 4) is 5.00 Å².